The number of fused-ring (bicyclic) bond motifs is 1. The van der Waals surface area contributed by atoms with E-state index in [1.165, 1.54) is 0 Å². The largest absolute Gasteiger partial charge is 0.507 e. The SMILES string of the molecule is CN1CCC[C@H](Nc2nnc(-c3c(O)cccc3Cl)c3ccncc23)C1. The van der Waals surface area contributed by atoms with Crippen LogP contribution >= 0.6 is 11.6 Å². The number of aromatic hydroxyl groups is 1. The lowest BCUT2D eigenvalue weighted by Gasteiger charge is -2.30. The van der Waals surface area contributed by atoms with Crippen molar-refractivity contribution >= 4 is 28.2 Å². The summed E-state index contributed by atoms with van der Waals surface area (Å²) >= 11 is 6.31. The number of likely N-dealkylation sites (tertiary alicyclic amines) is 1. The summed E-state index contributed by atoms with van der Waals surface area (Å²) < 4.78 is 0. The van der Waals surface area contributed by atoms with Gasteiger partial charge in [-0.05, 0) is 44.6 Å². The van der Waals surface area contributed by atoms with E-state index in [0.717, 1.165) is 36.7 Å². The summed E-state index contributed by atoms with van der Waals surface area (Å²) in [6.07, 6.45) is 5.74. The lowest BCUT2D eigenvalue weighted by atomic mass is 10.0. The summed E-state index contributed by atoms with van der Waals surface area (Å²) in [5.41, 5.74) is 1.04. The van der Waals surface area contributed by atoms with Crippen LogP contribution in [0.25, 0.3) is 22.0 Å². The van der Waals surface area contributed by atoms with E-state index in [-0.39, 0.29) is 5.75 Å². The molecule has 4 rings (SSSR count). The number of likely N-dealkylation sites (N-methyl/N-ethyl adjacent to an activating group) is 1. The number of nitrogens with zero attached hydrogens (tertiary/aromatic N) is 4. The van der Waals surface area contributed by atoms with Crippen LogP contribution in [0, 0.1) is 0 Å². The second-order valence-electron chi connectivity index (χ2n) is 6.70. The molecule has 0 unspecified atom stereocenters. The fourth-order valence-corrected chi connectivity index (χ4v) is 3.77. The number of hydrogen-bond donors (Lipinski definition) is 2. The molecule has 0 amide bonds. The van der Waals surface area contributed by atoms with Gasteiger partial charge in [-0.3, -0.25) is 4.98 Å². The number of anilines is 1. The van der Waals surface area contributed by atoms with Gasteiger partial charge in [-0.1, -0.05) is 17.7 Å². The van der Waals surface area contributed by atoms with Gasteiger partial charge in [-0.15, -0.1) is 10.2 Å². The van der Waals surface area contributed by atoms with Crippen molar-refractivity contribution in [1.29, 1.82) is 0 Å². The topological polar surface area (TPSA) is 74.2 Å². The van der Waals surface area contributed by atoms with Gasteiger partial charge in [0.05, 0.1) is 10.6 Å². The lowest BCUT2D eigenvalue weighted by molar-refractivity contribution is 0.261. The number of aromatic nitrogens is 3. The van der Waals surface area contributed by atoms with Gasteiger partial charge in [0, 0.05) is 35.8 Å². The minimum atomic E-state index is 0.0829. The van der Waals surface area contributed by atoms with Crippen LogP contribution in [-0.4, -0.2) is 51.4 Å². The number of nitrogens with one attached hydrogen (secondary N) is 1. The van der Waals surface area contributed by atoms with E-state index < -0.39 is 0 Å². The van der Waals surface area contributed by atoms with Crippen molar-refractivity contribution in [3.8, 4) is 17.0 Å². The monoisotopic (exact) mass is 369 g/mol. The molecular weight excluding hydrogens is 350 g/mol. The second kappa shape index (κ2) is 7.05. The molecule has 2 aromatic heterocycles. The zero-order chi connectivity index (χ0) is 18.1. The van der Waals surface area contributed by atoms with Crippen LogP contribution < -0.4 is 5.32 Å². The average Bonchev–Trinajstić information content (AvgIpc) is 2.63. The van der Waals surface area contributed by atoms with Gasteiger partial charge in [0.15, 0.2) is 5.82 Å². The number of phenols is 1. The molecule has 6 nitrogen and oxygen atoms in total. The maximum absolute atomic E-state index is 10.3. The number of halogens is 1. The predicted octanol–water partition coefficient (Wildman–Crippen LogP) is 3.56. The van der Waals surface area contributed by atoms with Gasteiger partial charge in [0.1, 0.15) is 11.4 Å². The lowest BCUT2D eigenvalue weighted by Crippen LogP contribution is -2.40. The Labute approximate surface area is 156 Å². The van der Waals surface area contributed by atoms with Gasteiger partial charge in [-0.2, -0.15) is 0 Å². The van der Waals surface area contributed by atoms with E-state index in [1.807, 2.05) is 6.07 Å². The van der Waals surface area contributed by atoms with Crippen LogP contribution in [0.4, 0.5) is 5.82 Å². The summed E-state index contributed by atoms with van der Waals surface area (Å²) in [6, 6.07) is 7.23. The summed E-state index contributed by atoms with van der Waals surface area (Å²) in [5, 5.41) is 24.7. The molecule has 134 valence electrons. The summed E-state index contributed by atoms with van der Waals surface area (Å²) in [4.78, 5) is 6.56. The van der Waals surface area contributed by atoms with E-state index in [9.17, 15) is 5.11 Å². The molecule has 0 bridgehead atoms. The molecule has 7 heteroatoms. The molecule has 0 radical (unpaired) electrons. The van der Waals surface area contributed by atoms with Crippen LogP contribution in [0.5, 0.6) is 5.75 Å². The Kier molecular flexibility index (Phi) is 4.61. The van der Waals surface area contributed by atoms with E-state index >= 15 is 0 Å². The molecule has 0 spiro atoms. The molecule has 1 fully saturated rings. The smallest absolute Gasteiger partial charge is 0.158 e. The van der Waals surface area contributed by atoms with Crippen LogP contribution in [0.15, 0.2) is 36.7 Å². The predicted molar refractivity (Wildman–Crippen MR) is 104 cm³/mol. The number of benzene rings is 1. The molecule has 1 saturated heterocycles. The first-order chi connectivity index (χ1) is 12.6. The zero-order valence-electron chi connectivity index (χ0n) is 14.5. The fourth-order valence-electron chi connectivity index (χ4n) is 3.51. The number of phenolic OH excluding ortho intramolecular Hbond substituents is 1. The summed E-state index contributed by atoms with van der Waals surface area (Å²) in [5.74, 6) is 0.795. The van der Waals surface area contributed by atoms with E-state index in [1.54, 1.807) is 30.6 Å². The molecule has 1 aliphatic rings. The Morgan fingerprint density at radius 2 is 2.12 bits per heavy atom. The van der Waals surface area contributed by atoms with Crippen LogP contribution in [0.1, 0.15) is 12.8 Å². The zero-order valence-corrected chi connectivity index (χ0v) is 15.2. The normalized spacial score (nSPS) is 18.2. The van der Waals surface area contributed by atoms with E-state index in [0.29, 0.717) is 28.1 Å². The van der Waals surface area contributed by atoms with Crippen molar-refractivity contribution < 1.29 is 5.11 Å². The molecule has 1 aromatic carbocycles. The Bertz CT molecular complexity index is 928. The maximum atomic E-state index is 10.3. The highest BCUT2D eigenvalue weighted by Gasteiger charge is 2.21. The molecule has 3 aromatic rings. The minimum absolute atomic E-state index is 0.0829. The second-order valence-corrected chi connectivity index (χ2v) is 7.11. The Hall–Kier alpha value is -2.44. The van der Waals surface area contributed by atoms with Crippen LogP contribution in [0.3, 0.4) is 0 Å². The Morgan fingerprint density at radius 1 is 1.23 bits per heavy atom. The van der Waals surface area contributed by atoms with Crippen molar-refractivity contribution in [1.82, 2.24) is 20.1 Å². The highest BCUT2D eigenvalue weighted by atomic mass is 35.5. The third-order valence-corrected chi connectivity index (χ3v) is 5.09. The van der Waals surface area contributed by atoms with Gasteiger partial charge in [0.25, 0.3) is 0 Å². The summed E-state index contributed by atoms with van der Waals surface area (Å²) in [7, 11) is 2.13. The van der Waals surface area contributed by atoms with Crippen molar-refractivity contribution in [2.45, 2.75) is 18.9 Å². The van der Waals surface area contributed by atoms with Crippen LogP contribution in [0.2, 0.25) is 5.02 Å². The van der Waals surface area contributed by atoms with Crippen LogP contribution in [-0.2, 0) is 0 Å². The molecule has 0 aliphatic carbocycles. The number of piperidine rings is 1. The third-order valence-electron chi connectivity index (χ3n) is 4.78. The van der Waals surface area contributed by atoms with Crippen molar-refractivity contribution in [2.75, 3.05) is 25.5 Å². The maximum Gasteiger partial charge on any atom is 0.158 e. The molecule has 0 saturated carbocycles. The average molecular weight is 370 g/mol. The number of hydrogen-bond acceptors (Lipinski definition) is 6. The van der Waals surface area contributed by atoms with Gasteiger partial charge >= 0.3 is 0 Å². The van der Waals surface area contributed by atoms with Gasteiger partial charge in [-0.25, -0.2) is 0 Å². The third kappa shape index (κ3) is 3.18. The first-order valence-corrected chi connectivity index (χ1v) is 9.04. The minimum Gasteiger partial charge on any atom is -0.507 e. The standard InChI is InChI=1S/C19H20ClN5O/c1-25-9-3-4-12(11-25)22-19-14-10-21-8-7-13(14)18(23-24-19)17-15(20)5-2-6-16(17)26/h2,5-8,10,12,26H,3-4,9,11H2,1H3,(H,22,24)/t12-/m0/s1. The number of pyridine rings is 1. The Morgan fingerprint density at radius 3 is 2.92 bits per heavy atom. The van der Waals surface area contributed by atoms with Crippen molar-refractivity contribution in [3.05, 3.63) is 41.7 Å². The first-order valence-electron chi connectivity index (χ1n) is 8.67. The van der Waals surface area contributed by atoms with E-state index in [2.05, 4.69) is 32.4 Å². The highest BCUT2D eigenvalue weighted by molar-refractivity contribution is 6.34. The molecule has 1 atom stereocenters. The molecule has 1 aliphatic heterocycles. The fraction of sp³-hybridized carbons (Fsp3) is 0.316. The Balaban J connectivity index is 1.79. The van der Waals surface area contributed by atoms with Crippen molar-refractivity contribution in [2.24, 2.45) is 0 Å². The quantitative estimate of drug-likeness (QED) is 0.735. The molecular formula is C19H20ClN5O. The molecule has 3 heterocycles. The summed E-state index contributed by atoms with van der Waals surface area (Å²) in [6.45, 7) is 2.09. The molecule has 2 N–H and O–H groups in total. The molecule has 26 heavy (non-hydrogen) atoms. The van der Waals surface area contributed by atoms with Gasteiger partial charge < -0.3 is 15.3 Å². The highest BCUT2D eigenvalue weighted by Crippen LogP contribution is 2.38. The van der Waals surface area contributed by atoms with Gasteiger partial charge in [0.2, 0.25) is 0 Å². The first kappa shape index (κ1) is 17.0. The van der Waals surface area contributed by atoms with E-state index in [4.69, 9.17) is 11.6 Å². The number of rotatable bonds is 3. The van der Waals surface area contributed by atoms with Crippen molar-refractivity contribution in [3.63, 3.8) is 0 Å².